The summed E-state index contributed by atoms with van der Waals surface area (Å²) in [5, 5.41) is 11.4. The molecule has 0 amide bonds. The predicted molar refractivity (Wildman–Crippen MR) is 98.7 cm³/mol. The van der Waals surface area contributed by atoms with Crippen LogP contribution < -0.4 is 5.11 Å². The van der Waals surface area contributed by atoms with Crippen LogP contribution in [0.4, 0.5) is 0 Å². The van der Waals surface area contributed by atoms with Gasteiger partial charge in [-0.05, 0) is 12.1 Å². The Balaban J connectivity index is -0.000000341. The molecule has 1 aromatic carbocycles. The van der Waals surface area contributed by atoms with E-state index < -0.39 is 16.1 Å². The molecular weight excluding hydrogens is 449 g/mol. The second-order valence-electron chi connectivity index (χ2n) is 4.38. The Morgan fingerprint density at radius 3 is 1.88 bits per heavy atom. The number of para-hydroxylation sites is 1. The minimum Gasteiger partial charge on any atom is -0.748 e. The molecule has 136 valence electrons. The van der Waals surface area contributed by atoms with Crippen molar-refractivity contribution in [1.29, 1.82) is 0 Å². The average molecular weight is 472 g/mol. The molecule has 2 aromatic rings. The Morgan fingerprint density at radius 1 is 1.08 bits per heavy atom. The molecular formula is C17H23NO5SSn. The van der Waals surface area contributed by atoms with Gasteiger partial charge < -0.3 is 14.5 Å². The normalized spacial score (nSPS) is 9.04. The molecule has 0 saturated carbocycles. The Hall–Kier alpha value is -1.19. The smallest absolute Gasteiger partial charge is 0.748 e. The molecule has 0 saturated heterocycles. The largest absolute Gasteiger partial charge is 2.00 e. The molecule has 0 aliphatic carbocycles. The number of carbonyl (C=O) groups is 1. The zero-order chi connectivity index (χ0) is 19.2. The number of benzene rings is 1. The van der Waals surface area contributed by atoms with E-state index in [1.165, 1.54) is 6.07 Å². The average Bonchev–Trinajstić information content (AvgIpc) is 2.46. The zero-order valence-corrected chi connectivity index (χ0v) is 18.4. The minimum atomic E-state index is -3.92. The molecule has 0 aliphatic rings. The van der Waals surface area contributed by atoms with Gasteiger partial charge in [0.05, 0.1) is 27.3 Å². The number of rotatable bonds is 1. The van der Waals surface area contributed by atoms with Gasteiger partial charge in [0.15, 0.2) is 0 Å². The monoisotopic (exact) mass is 473 g/mol. The van der Waals surface area contributed by atoms with E-state index in [9.17, 15) is 9.90 Å². The first-order valence-electron chi connectivity index (χ1n) is 7.17. The molecule has 0 atom stereocenters. The van der Waals surface area contributed by atoms with Gasteiger partial charge >= 0.3 is 23.9 Å². The second-order valence-corrected chi connectivity index (χ2v) is 5.79. The number of aromatic carboxylic acids is 1. The molecule has 6 nitrogen and oxygen atoms in total. The van der Waals surface area contributed by atoms with Crippen molar-refractivity contribution in [1.82, 2.24) is 4.98 Å². The summed E-state index contributed by atoms with van der Waals surface area (Å²) in [6.45, 7) is 11.0. The van der Waals surface area contributed by atoms with Crippen LogP contribution in [0.25, 0.3) is 10.9 Å². The Kier molecular flexibility index (Phi) is 18.6. The molecule has 25 heavy (non-hydrogen) atoms. The molecule has 4 radical (unpaired) electrons. The number of carboxylic acid groups (broad SMARTS) is 1. The van der Waals surface area contributed by atoms with Crippen molar-refractivity contribution in [2.24, 2.45) is 0 Å². The topological polar surface area (TPSA) is 110 Å². The molecule has 0 unspecified atom stereocenters. The zero-order valence-electron chi connectivity index (χ0n) is 14.7. The summed E-state index contributed by atoms with van der Waals surface area (Å²) in [6, 6.07) is 10.5. The van der Waals surface area contributed by atoms with E-state index in [4.69, 9.17) is 13.0 Å². The van der Waals surface area contributed by atoms with Gasteiger partial charge in [0, 0.05) is 11.6 Å². The van der Waals surface area contributed by atoms with Gasteiger partial charge in [0.2, 0.25) is 0 Å². The quantitative estimate of drug-likeness (QED) is 0.463. The third-order valence-corrected chi connectivity index (χ3v) is 1.81. The van der Waals surface area contributed by atoms with Crippen molar-refractivity contribution in [2.45, 2.75) is 26.7 Å². The van der Waals surface area contributed by atoms with Gasteiger partial charge in [0.25, 0.3) is 0 Å². The van der Waals surface area contributed by atoms with E-state index in [1.54, 1.807) is 12.1 Å². The van der Waals surface area contributed by atoms with Gasteiger partial charge in [-0.25, -0.2) is 13.4 Å². The van der Waals surface area contributed by atoms with Crippen LogP contribution in [0.2, 0.25) is 0 Å². The number of carbonyl (C=O) groups excluding carboxylic acids is 1. The fourth-order valence-corrected chi connectivity index (χ4v) is 1.18. The number of pyridine rings is 1. The summed E-state index contributed by atoms with van der Waals surface area (Å²) in [5.41, 5.74) is 0.642. The number of nitrogens with zero attached hydrogens (tertiary/aromatic N) is 1. The van der Waals surface area contributed by atoms with Crippen LogP contribution in [0.15, 0.2) is 36.4 Å². The third kappa shape index (κ3) is 19.0. The first-order valence-corrected chi connectivity index (χ1v) is 8.98. The number of hydrogen-bond acceptors (Lipinski definition) is 6. The van der Waals surface area contributed by atoms with Crippen LogP contribution in [-0.4, -0.2) is 54.1 Å². The molecule has 0 bridgehead atoms. The maximum absolute atomic E-state index is 10.5. The first kappa shape index (κ1) is 28.6. The maximum Gasteiger partial charge on any atom is 2.00 e. The van der Waals surface area contributed by atoms with Gasteiger partial charge in [-0.1, -0.05) is 64.8 Å². The Bertz CT molecular complexity index is 695. The number of aromatic nitrogens is 1. The molecule has 0 aliphatic heterocycles. The fourth-order valence-electron chi connectivity index (χ4n) is 1.18. The van der Waals surface area contributed by atoms with Crippen molar-refractivity contribution in [3.63, 3.8) is 0 Å². The molecule has 2 rings (SSSR count). The van der Waals surface area contributed by atoms with Crippen LogP contribution in [-0.2, 0) is 10.1 Å². The molecule has 1 heterocycles. The summed E-state index contributed by atoms with van der Waals surface area (Å²) in [4.78, 5) is 14.4. The van der Waals surface area contributed by atoms with Crippen molar-refractivity contribution >= 4 is 50.9 Å². The summed E-state index contributed by atoms with van der Waals surface area (Å²) in [5.74, 6) is -1.24. The summed E-state index contributed by atoms with van der Waals surface area (Å²) in [6.07, 6.45) is 2.60. The van der Waals surface area contributed by atoms with E-state index in [2.05, 4.69) is 18.8 Å². The van der Waals surface area contributed by atoms with Crippen molar-refractivity contribution in [3.8, 4) is 0 Å². The number of hydrogen-bond donors (Lipinski definition) is 0. The maximum atomic E-state index is 10.5. The molecule has 0 N–H and O–H groups in total. The summed E-state index contributed by atoms with van der Waals surface area (Å²) in [7, 11) is -3.92. The molecule has 8 heteroatoms. The fraction of sp³-hybridized carbons (Fsp3) is 0.294. The van der Waals surface area contributed by atoms with E-state index in [1.807, 2.05) is 32.0 Å². The van der Waals surface area contributed by atoms with Gasteiger partial charge in [0.1, 0.15) is 0 Å². The SMILES string of the molecule is CS(=O)(=O)[O-].O=C([O-])c1ccc2ccccc2n1.[CH2]CC.[CH2]CC.[Sn+2]. The second kappa shape index (κ2) is 16.3. The van der Waals surface area contributed by atoms with Crippen LogP contribution in [0.3, 0.4) is 0 Å². The van der Waals surface area contributed by atoms with Crippen molar-refractivity contribution in [3.05, 3.63) is 55.9 Å². The van der Waals surface area contributed by atoms with Gasteiger partial charge in [-0.15, -0.1) is 0 Å². The van der Waals surface area contributed by atoms with Crippen molar-refractivity contribution < 1.29 is 22.9 Å². The van der Waals surface area contributed by atoms with Gasteiger partial charge in [-0.2, -0.15) is 0 Å². The van der Waals surface area contributed by atoms with Crippen LogP contribution in [0.5, 0.6) is 0 Å². The molecule has 0 fully saturated rings. The van der Waals surface area contributed by atoms with E-state index in [-0.39, 0.29) is 29.6 Å². The van der Waals surface area contributed by atoms with E-state index >= 15 is 0 Å². The third-order valence-electron chi connectivity index (χ3n) is 1.81. The van der Waals surface area contributed by atoms with E-state index in [0.29, 0.717) is 11.8 Å². The standard InChI is InChI=1S/C10H7NO2.2C3H7.CH4O3S.Sn/c12-10(13)9-6-5-7-3-1-2-4-8(7)11-9;2*1-3-2;1-5(2,3)4;/h1-6H,(H,12,13);2*1,3H2,2H3;1H3,(H,2,3,4);/q;;;;+2/p-2. The number of fused-ring (bicyclic) bond motifs is 1. The van der Waals surface area contributed by atoms with Crippen molar-refractivity contribution in [2.75, 3.05) is 6.26 Å². The molecule has 1 aromatic heterocycles. The Morgan fingerprint density at radius 2 is 1.48 bits per heavy atom. The van der Waals surface area contributed by atoms with E-state index in [0.717, 1.165) is 18.2 Å². The van der Waals surface area contributed by atoms with Crippen LogP contribution in [0, 0.1) is 13.8 Å². The summed E-state index contributed by atoms with van der Waals surface area (Å²) < 4.78 is 27.2. The predicted octanol–water partition coefficient (Wildman–Crippen LogP) is 1.84. The number of carboxylic acids is 1. The van der Waals surface area contributed by atoms with Crippen LogP contribution in [0.1, 0.15) is 37.2 Å². The first-order chi connectivity index (χ1) is 11.1. The van der Waals surface area contributed by atoms with Crippen LogP contribution >= 0.6 is 0 Å². The minimum absolute atomic E-state index is 0. The molecule has 0 spiro atoms. The Labute approximate surface area is 167 Å². The van der Waals surface area contributed by atoms with Gasteiger partial charge in [-0.3, -0.25) is 0 Å². The summed E-state index contributed by atoms with van der Waals surface area (Å²) >= 11 is 0.